The molecule has 0 bridgehead atoms. The van der Waals surface area contributed by atoms with E-state index < -0.39 is 0 Å². The molecule has 1 heterocycles. The molecule has 0 saturated carbocycles. The van der Waals surface area contributed by atoms with Crippen LogP contribution in [0.5, 0.6) is 0 Å². The van der Waals surface area contributed by atoms with Gasteiger partial charge in [-0.1, -0.05) is 27.7 Å². The molecule has 1 rings (SSSR count). The van der Waals surface area contributed by atoms with Crippen molar-refractivity contribution in [3.05, 3.63) is 16.1 Å². The van der Waals surface area contributed by atoms with Crippen molar-refractivity contribution < 1.29 is 0 Å². The third kappa shape index (κ3) is 6.50. The van der Waals surface area contributed by atoms with Gasteiger partial charge < -0.3 is 5.32 Å². The van der Waals surface area contributed by atoms with Gasteiger partial charge in [0.05, 0.1) is 10.7 Å². The van der Waals surface area contributed by atoms with Crippen LogP contribution in [0.15, 0.2) is 5.38 Å². The smallest absolute Gasteiger partial charge is 0.0897 e. The topological polar surface area (TPSA) is 24.9 Å². The maximum Gasteiger partial charge on any atom is 0.0897 e. The summed E-state index contributed by atoms with van der Waals surface area (Å²) in [4.78, 5) is 4.51. The molecule has 0 aliphatic heterocycles. The summed E-state index contributed by atoms with van der Waals surface area (Å²) in [6.45, 7) is 12.3. The molecule has 104 valence electrons. The zero-order chi connectivity index (χ0) is 13.5. The van der Waals surface area contributed by atoms with Crippen molar-refractivity contribution >= 4 is 11.3 Å². The molecule has 1 aromatic rings. The number of nitrogens with one attached hydrogen (secondary N) is 1. The van der Waals surface area contributed by atoms with Crippen LogP contribution in [0.25, 0.3) is 0 Å². The van der Waals surface area contributed by atoms with Crippen molar-refractivity contribution in [1.29, 1.82) is 0 Å². The highest BCUT2D eigenvalue weighted by Crippen LogP contribution is 2.13. The number of nitrogens with zero attached hydrogens (tertiary/aromatic N) is 1. The lowest BCUT2D eigenvalue weighted by Gasteiger charge is -2.22. The van der Waals surface area contributed by atoms with E-state index in [-0.39, 0.29) is 0 Å². The largest absolute Gasteiger partial charge is 0.314 e. The Kier molecular flexibility index (Phi) is 6.87. The van der Waals surface area contributed by atoms with Gasteiger partial charge >= 0.3 is 0 Å². The molecule has 2 nitrogen and oxygen atoms in total. The van der Waals surface area contributed by atoms with Gasteiger partial charge in [0.1, 0.15) is 0 Å². The lowest BCUT2D eigenvalue weighted by Crippen LogP contribution is -2.33. The Balaban J connectivity index is 2.32. The van der Waals surface area contributed by atoms with Gasteiger partial charge in [0.15, 0.2) is 0 Å². The molecule has 0 aromatic carbocycles. The normalized spacial score (nSPS) is 12.0. The summed E-state index contributed by atoms with van der Waals surface area (Å²) in [5.74, 6) is 1.53. The summed E-state index contributed by atoms with van der Waals surface area (Å²) >= 11 is 1.75. The maximum atomic E-state index is 4.51. The van der Waals surface area contributed by atoms with Crippen molar-refractivity contribution in [2.24, 2.45) is 11.8 Å². The number of rotatable bonds is 8. The van der Waals surface area contributed by atoms with Crippen molar-refractivity contribution in [2.75, 3.05) is 6.54 Å². The van der Waals surface area contributed by atoms with E-state index in [1.807, 2.05) is 0 Å². The van der Waals surface area contributed by atoms with E-state index in [0.717, 1.165) is 24.8 Å². The van der Waals surface area contributed by atoms with Crippen LogP contribution < -0.4 is 5.32 Å². The summed E-state index contributed by atoms with van der Waals surface area (Å²) in [6.07, 6.45) is 3.60. The average molecular weight is 268 g/mol. The zero-order valence-corrected chi connectivity index (χ0v) is 13.3. The Bertz CT molecular complexity index is 321. The highest BCUT2D eigenvalue weighted by Gasteiger charge is 2.12. The van der Waals surface area contributed by atoms with Crippen molar-refractivity contribution in [3.8, 4) is 0 Å². The zero-order valence-electron chi connectivity index (χ0n) is 12.5. The molecule has 0 aliphatic carbocycles. The van der Waals surface area contributed by atoms with Crippen molar-refractivity contribution in [2.45, 2.75) is 59.9 Å². The first-order valence-corrected chi connectivity index (χ1v) is 7.99. The van der Waals surface area contributed by atoms with Crippen molar-refractivity contribution in [3.63, 3.8) is 0 Å². The highest BCUT2D eigenvalue weighted by atomic mass is 32.1. The van der Waals surface area contributed by atoms with E-state index in [9.17, 15) is 0 Å². The van der Waals surface area contributed by atoms with Gasteiger partial charge in [0.25, 0.3) is 0 Å². The first-order chi connectivity index (χ1) is 8.47. The minimum absolute atomic E-state index is 0.657. The summed E-state index contributed by atoms with van der Waals surface area (Å²) in [5, 5.41) is 7.05. The minimum atomic E-state index is 0.657. The molecular weight excluding hydrogens is 240 g/mol. The molecule has 0 radical (unpaired) electrons. The fraction of sp³-hybridized carbons (Fsp3) is 0.800. The van der Waals surface area contributed by atoms with E-state index in [0.29, 0.717) is 6.04 Å². The van der Waals surface area contributed by atoms with E-state index in [4.69, 9.17) is 0 Å². The Hall–Kier alpha value is -0.410. The molecule has 0 aliphatic rings. The van der Waals surface area contributed by atoms with Crippen LogP contribution in [0.3, 0.4) is 0 Å². The molecule has 0 saturated heterocycles. The molecule has 18 heavy (non-hydrogen) atoms. The molecule has 1 N–H and O–H groups in total. The number of thiazole rings is 1. The molecular formula is C15H28N2S. The molecule has 0 amide bonds. The van der Waals surface area contributed by atoms with Crippen LogP contribution in [0.1, 0.15) is 51.2 Å². The van der Waals surface area contributed by atoms with Crippen molar-refractivity contribution in [1.82, 2.24) is 10.3 Å². The lowest BCUT2D eigenvalue weighted by atomic mass is 9.95. The maximum absolute atomic E-state index is 4.51. The van der Waals surface area contributed by atoms with Gasteiger partial charge in [-0.25, -0.2) is 4.98 Å². The second-order valence-electron chi connectivity index (χ2n) is 6.02. The second kappa shape index (κ2) is 7.90. The summed E-state index contributed by atoms with van der Waals surface area (Å²) in [6, 6.07) is 0.657. The van der Waals surface area contributed by atoms with Gasteiger partial charge in [-0.3, -0.25) is 0 Å². The number of hydrogen-bond acceptors (Lipinski definition) is 3. The molecule has 3 heteroatoms. The fourth-order valence-electron chi connectivity index (χ4n) is 2.33. The van der Waals surface area contributed by atoms with Gasteiger partial charge in [-0.15, -0.1) is 11.3 Å². The predicted molar refractivity (Wildman–Crippen MR) is 81.3 cm³/mol. The first kappa shape index (κ1) is 15.6. The predicted octanol–water partition coefficient (Wildman–Crippen LogP) is 4.04. The molecule has 0 spiro atoms. The highest BCUT2D eigenvalue weighted by molar-refractivity contribution is 7.09. The van der Waals surface area contributed by atoms with Gasteiger partial charge in [-0.05, 0) is 31.6 Å². The van der Waals surface area contributed by atoms with E-state index in [2.05, 4.69) is 50.3 Å². The average Bonchev–Trinajstić information content (AvgIpc) is 2.62. The third-order valence-corrected chi connectivity index (χ3v) is 3.81. The lowest BCUT2D eigenvalue weighted by molar-refractivity contribution is 0.361. The quantitative estimate of drug-likeness (QED) is 0.769. The minimum Gasteiger partial charge on any atom is -0.314 e. The number of hydrogen-bond donors (Lipinski definition) is 1. The monoisotopic (exact) mass is 268 g/mol. The summed E-state index contributed by atoms with van der Waals surface area (Å²) in [5.41, 5.74) is 1.23. The van der Waals surface area contributed by atoms with E-state index in [1.165, 1.54) is 23.5 Å². The Morgan fingerprint density at radius 2 is 1.78 bits per heavy atom. The number of aromatic nitrogens is 1. The van der Waals surface area contributed by atoms with E-state index in [1.54, 1.807) is 11.3 Å². The van der Waals surface area contributed by atoms with Gasteiger partial charge in [0, 0.05) is 24.4 Å². The van der Waals surface area contributed by atoms with Crippen LogP contribution in [-0.2, 0) is 6.42 Å². The first-order valence-electron chi connectivity index (χ1n) is 7.11. The summed E-state index contributed by atoms with van der Waals surface area (Å²) in [7, 11) is 0. The van der Waals surface area contributed by atoms with Crippen LogP contribution in [0, 0.1) is 18.8 Å². The van der Waals surface area contributed by atoms with Gasteiger partial charge in [0.2, 0.25) is 0 Å². The second-order valence-corrected chi connectivity index (χ2v) is 7.08. The molecule has 1 aromatic heterocycles. The van der Waals surface area contributed by atoms with Crippen LogP contribution >= 0.6 is 11.3 Å². The standard InChI is InChI=1S/C15H28N2S/c1-11(2)8-15(9-12(3)4)16-7-6-14-10-18-13(5)17-14/h10-12,15-16H,6-9H2,1-5H3. The van der Waals surface area contributed by atoms with Crippen LogP contribution in [0.2, 0.25) is 0 Å². The Morgan fingerprint density at radius 3 is 2.22 bits per heavy atom. The molecule has 0 fully saturated rings. The van der Waals surface area contributed by atoms with E-state index >= 15 is 0 Å². The molecule has 0 unspecified atom stereocenters. The summed E-state index contributed by atoms with van der Waals surface area (Å²) < 4.78 is 0. The van der Waals surface area contributed by atoms with Crippen LogP contribution in [0.4, 0.5) is 0 Å². The fourth-order valence-corrected chi connectivity index (χ4v) is 2.98. The van der Waals surface area contributed by atoms with Crippen LogP contribution in [-0.4, -0.2) is 17.6 Å². The Morgan fingerprint density at radius 1 is 1.17 bits per heavy atom. The Labute approximate surface area is 116 Å². The van der Waals surface area contributed by atoms with Gasteiger partial charge in [-0.2, -0.15) is 0 Å². The third-order valence-electron chi connectivity index (χ3n) is 2.99. The number of aryl methyl sites for hydroxylation is 1. The SMILES string of the molecule is Cc1nc(CCNC(CC(C)C)CC(C)C)cs1. The molecule has 0 atom stereocenters.